The van der Waals surface area contributed by atoms with Crippen LogP contribution in [0, 0.1) is 6.92 Å². The topological polar surface area (TPSA) is 48.8 Å². The molecule has 0 aliphatic carbocycles. The first-order chi connectivity index (χ1) is 8.79. The molecule has 3 nitrogen and oxygen atoms in total. The maximum atomic E-state index is 8.55. The highest BCUT2D eigenvalue weighted by Gasteiger charge is 1.97. The molecule has 0 spiro atoms. The standard InChI is InChI=1S/C15H13N3/c1-12-7-9-14(15(11-12)17-18-16)10-8-13-5-3-2-4-6-13/h2-11H,1H3/b10-8+. The highest BCUT2D eigenvalue weighted by atomic mass is 15.1. The Labute approximate surface area is 106 Å². The molecule has 0 saturated heterocycles. The highest BCUT2D eigenvalue weighted by Crippen LogP contribution is 2.23. The molecule has 0 aromatic heterocycles. The molecule has 0 heterocycles. The summed E-state index contributed by atoms with van der Waals surface area (Å²) in [7, 11) is 0. The second-order valence-corrected chi connectivity index (χ2v) is 4.00. The second-order valence-electron chi connectivity index (χ2n) is 4.00. The average Bonchev–Trinajstić information content (AvgIpc) is 2.39. The number of hydrogen-bond donors (Lipinski definition) is 0. The Morgan fingerprint density at radius 3 is 2.56 bits per heavy atom. The zero-order valence-electron chi connectivity index (χ0n) is 10.1. The van der Waals surface area contributed by atoms with Crippen LogP contribution in [-0.2, 0) is 0 Å². The van der Waals surface area contributed by atoms with Crippen molar-refractivity contribution in [2.45, 2.75) is 6.92 Å². The van der Waals surface area contributed by atoms with Crippen LogP contribution >= 0.6 is 0 Å². The summed E-state index contributed by atoms with van der Waals surface area (Å²) in [5.74, 6) is 0. The van der Waals surface area contributed by atoms with Crippen LogP contribution in [0.15, 0.2) is 53.6 Å². The van der Waals surface area contributed by atoms with Gasteiger partial charge in [-0.3, -0.25) is 0 Å². The molecule has 0 radical (unpaired) electrons. The van der Waals surface area contributed by atoms with E-state index < -0.39 is 0 Å². The lowest BCUT2D eigenvalue weighted by atomic mass is 10.1. The molecular weight excluding hydrogens is 222 g/mol. The Balaban J connectivity index is 2.34. The number of nitrogens with zero attached hydrogens (tertiary/aromatic N) is 3. The van der Waals surface area contributed by atoms with Gasteiger partial charge in [-0.15, -0.1) is 0 Å². The Bertz CT molecular complexity index is 609. The summed E-state index contributed by atoms with van der Waals surface area (Å²) in [5, 5.41) is 3.71. The van der Waals surface area contributed by atoms with Gasteiger partial charge in [0, 0.05) is 10.6 Å². The van der Waals surface area contributed by atoms with E-state index >= 15 is 0 Å². The first kappa shape index (κ1) is 12.0. The van der Waals surface area contributed by atoms with Gasteiger partial charge in [-0.05, 0) is 29.6 Å². The van der Waals surface area contributed by atoms with Gasteiger partial charge in [-0.2, -0.15) is 0 Å². The van der Waals surface area contributed by atoms with Gasteiger partial charge < -0.3 is 0 Å². The van der Waals surface area contributed by atoms with Crippen molar-refractivity contribution in [1.82, 2.24) is 0 Å². The van der Waals surface area contributed by atoms with E-state index in [9.17, 15) is 0 Å². The zero-order valence-corrected chi connectivity index (χ0v) is 10.1. The van der Waals surface area contributed by atoms with Gasteiger partial charge in [-0.1, -0.05) is 65.3 Å². The summed E-state index contributed by atoms with van der Waals surface area (Å²) in [4.78, 5) is 2.85. The van der Waals surface area contributed by atoms with Crippen LogP contribution in [-0.4, -0.2) is 0 Å². The lowest BCUT2D eigenvalue weighted by Gasteiger charge is -2.01. The van der Waals surface area contributed by atoms with Crippen molar-refractivity contribution in [2.24, 2.45) is 5.11 Å². The molecule has 0 atom stereocenters. The molecular formula is C15H13N3. The Morgan fingerprint density at radius 1 is 1.06 bits per heavy atom. The van der Waals surface area contributed by atoms with Gasteiger partial charge in [0.15, 0.2) is 0 Å². The van der Waals surface area contributed by atoms with Crippen LogP contribution in [0.5, 0.6) is 0 Å². The number of aryl methyl sites for hydroxylation is 1. The van der Waals surface area contributed by atoms with Gasteiger partial charge in [-0.25, -0.2) is 0 Å². The predicted octanol–water partition coefficient (Wildman–Crippen LogP) is 5.11. The molecule has 0 bridgehead atoms. The quantitative estimate of drug-likeness (QED) is 0.307. The van der Waals surface area contributed by atoms with E-state index in [1.165, 1.54) is 0 Å². The molecule has 2 aromatic rings. The summed E-state index contributed by atoms with van der Waals surface area (Å²) in [6, 6.07) is 15.8. The second kappa shape index (κ2) is 5.71. The van der Waals surface area contributed by atoms with E-state index in [0.29, 0.717) is 5.69 Å². The molecule has 0 fully saturated rings. The first-order valence-corrected chi connectivity index (χ1v) is 5.68. The molecule has 0 aliphatic heterocycles. The van der Waals surface area contributed by atoms with Crippen molar-refractivity contribution in [3.8, 4) is 0 Å². The van der Waals surface area contributed by atoms with Crippen molar-refractivity contribution in [2.75, 3.05) is 0 Å². The maximum Gasteiger partial charge on any atom is 0.0450 e. The van der Waals surface area contributed by atoms with E-state index in [-0.39, 0.29) is 0 Å². The Hall–Kier alpha value is -2.51. The van der Waals surface area contributed by atoms with Gasteiger partial charge in [0.25, 0.3) is 0 Å². The largest absolute Gasteiger partial charge is 0.0622 e. The third kappa shape index (κ3) is 3.00. The van der Waals surface area contributed by atoms with E-state index in [4.69, 9.17) is 5.53 Å². The van der Waals surface area contributed by atoms with Gasteiger partial charge in [0.1, 0.15) is 0 Å². The van der Waals surface area contributed by atoms with Gasteiger partial charge in [0.2, 0.25) is 0 Å². The van der Waals surface area contributed by atoms with E-state index in [2.05, 4.69) is 10.0 Å². The fourth-order valence-corrected chi connectivity index (χ4v) is 1.68. The predicted molar refractivity (Wildman–Crippen MR) is 75.4 cm³/mol. The van der Waals surface area contributed by atoms with E-state index in [1.807, 2.05) is 67.6 Å². The van der Waals surface area contributed by atoms with Crippen LogP contribution in [0.25, 0.3) is 22.6 Å². The molecule has 0 saturated carbocycles. The molecule has 3 heteroatoms. The van der Waals surface area contributed by atoms with Crippen molar-refractivity contribution >= 4 is 17.8 Å². The minimum Gasteiger partial charge on any atom is -0.0622 e. The van der Waals surface area contributed by atoms with Crippen molar-refractivity contribution in [1.29, 1.82) is 0 Å². The van der Waals surface area contributed by atoms with Crippen LogP contribution in [0.4, 0.5) is 5.69 Å². The summed E-state index contributed by atoms with van der Waals surface area (Å²) >= 11 is 0. The summed E-state index contributed by atoms with van der Waals surface area (Å²) in [6.45, 7) is 1.97. The molecule has 18 heavy (non-hydrogen) atoms. The van der Waals surface area contributed by atoms with Crippen LogP contribution < -0.4 is 0 Å². The fraction of sp³-hybridized carbons (Fsp3) is 0.0667. The third-order valence-corrected chi connectivity index (χ3v) is 2.59. The monoisotopic (exact) mass is 235 g/mol. The molecule has 0 unspecified atom stereocenters. The molecule has 2 rings (SSSR count). The normalized spacial score (nSPS) is 10.3. The first-order valence-electron chi connectivity index (χ1n) is 5.68. The average molecular weight is 235 g/mol. The minimum atomic E-state index is 0.657. The molecule has 2 aromatic carbocycles. The Morgan fingerprint density at radius 2 is 1.83 bits per heavy atom. The lowest BCUT2D eigenvalue weighted by Crippen LogP contribution is -1.77. The summed E-state index contributed by atoms with van der Waals surface area (Å²) in [6.07, 6.45) is 3.96. The molecule has 0 N–H and O–H groups in total. The SMILES string of the molecule is Cc1ccc(/C=C/c2ccccc2)c(N=[N+]=[N-])c1. The smallest absolute Gasteiger partial charge is 0.0450 e. The Kier molecular flexibility index (Phi) is 3.79. The van der Waals surface area contributed by atoms with Crippen molar-refractivity contribution < 1.29 is 0 Å². The molecule has 88 valence electrons. The summed E-state index contributed by atoms with van der Waals surface area (Å²) in [5.41, 5.74) is 12.3. The maximum absolute atomic E-state index is 8.55. The number of rotatable bonds is 3. The zero-order chi connectivity index (χ0) is 12.8. The molecule has 0 amide bonds. The number of hydrogen-bond acceptors (Lipinski definition) is 1. The van der Waals surface area contributed by atoms with Crippen LogP contribution in [0.1, 0.15) is 16.7 Å². The van der Waals surface area contributed by atoms with Crippen LogP contribution in [0.3, 0.4) is 0 Å². The highest BCUT2D eigenvalue weighted by molar-refractivity contribution is 5.75. The fourth-order valence-electron chi connectivity index (χ4n) is 1.68. The molecule has 0 aliphatic rings. The van der Waals surface area contributed by atoms with E-state index in [0.717, 1.165) is 16.7 Å². The third-order valence-electron chi connectivity index (χ3n) is 2.59. The number of azide groups is 1. The van der Waals surface area contributed by atoms with Gasteiger partial charge >= 0.3 is 0 Å². The van der Waals surface area contributed by atoms with Gasteiger partial charge in [0.05, 0.1) is 0 Å². The van der Waals surface area contributed by atoms with Crippen molar-refractivity contribution in [3.63, 3.8) is 0 Å². The van der Waals surface area contributed by atoms with Crippen LogP contribution in [0.2, 0.25) is 0 Å². The van der Waals surface area contributed by atoms with Crippen molar-refractivity contribution in [3.05, 3.63) is 75.7 Å². The summed E-state index contributed by atoms with van der Waals surface area (Å²) < 4.78 is 0. The van der Waals surface area contributed by atoms with E-state index in [1.54, 1.807) is 0 Å². The lowest BCUT2D eigenvalue weighted by molar-refractivity contribution is 1.39. The number of benzene rings is 2. The minimum absolute atomic E-state index is 0.657.